The van der Waals surface area contributed by atoms with Crippen molar-refractivity contribution in [3.63, 3.8) is 0 Å². The molecule has 1 unspecified atom stereocenters. The Hall–Kier alpha value is -4.09. The van der Waals surface area contributed by atoms with Crippen LogP contribution < -0.4 is 5.32 Å². The zero-order chi connectivity index (χ0) is 25.8. The van der Waals surface area contributed by atoms with E-state index in [-0.39, 0.29) is 21.8 Å². The van der Waals surface area contributed by atoms with Crippen molar-refractivity contribution in [3.8, 4) is 0 Å². The number of amides is 1. The maximum absolute atomic E-state index is 13.1. The highest BCUT2D eigenvalue weighted by molar-refractivity contribution is 7.89. The number of anilines is 1. The molecule has 0 saturated heterocycles. The lowest BCUT2D eigenvalue weighted by molar-refractivity contribution is -0.384. The number of carbonyl (C=O) groups is 2. The average molecular weight is 498 g/mol. The van der Waals surface area contributed by atoms with E-state index in [1.807, 2.05) is 0 Å². The number of carbonyl (C=O) groups excluding carboxylic acids is 2. The fourth-order valence-corrected chi connectivity index (χ4v) is 4.05. The van der Waals surface area contributed by atoms with Crippen LogP contribution in [0.1, 0.15) is 27.6 Å². The molecule has 1 amide bonds. The Morgan fingerprint density at radius 1 is 1.00 bits per heavy atom. The Balaban J connectivity index is 1.88. The normalized spacial score (nSPS) is 12.1. The fourth-order valence-electron chi connectivity index (χ4n) is 3.15. The molecule has 0 aliphatic rings. The number of nitrogens with one attached hydrogen (secondary N) is 1. The number of nitro groups is 1. The van der Waals surface area contributed by atoms with Crippen molar-refractivity contribution in [2.24, 2.45) is 0 Å². The zero-order valence-electron chi connectivity index (χ0n) is 19.2. The second kappa shape index (κ2) is 10.5. The van der Waals surface area contributed by atoms with E-state index in [0.29, 0.717) is 11.1 Å². The van der Waals surface area contributed by atoms with E-state index in [4.69, 9.17) is 4.74 Å². The summed E-state index contributed by atoms with van der Waals surface area (Å²) in [4.78, 5) is 36.7. The van der Waals surface area contributed by atoms with Gasteiger partial charge in [-0.25, -0.2) is 17.5 Å². The Labute approximate surface area is 202 Å². The van der Waals surface area contributed by atoms with Crippen LogP contribution in [0.4, 0.5) is 11.4 Å². The van der Waals surface area contributed by atoms with Gasteiger partial charge in [-0.15, -0.1) is 0 Å². The molecule has 0 heterocycles. The zero-order valence-corrected chi connectivity index (χ0v) is 20.0. The van der Waals surface area contributed by atoms with E-state index in [1.165, 1.54) is 50.5 Å². The summed E-state index contributed by atoms with van der Waals surface area (Å²) in [5, 5.41) is 13.9. The van der Waals surface area contributed by atoms with Gasteiger partial charge in [0.25, 0.3) is 11.6 Å². The second-order valence-corrected chi connectivity index (χ2v) is 9.93. The molecule has 35 heavy (non-hydrogen) atoms. The fraction of sp³-hybridized carbons (Fsp3) is 0.167. The molecule has 1 atom stereocenters. The van der Waals surface area contributed by atoms with Gasteiger partial charge in [-0.3, -0.25) is 14.9 Å². The number of esters is 1. The van der Waals surface area contributed by atoms with Crippen molar-refractivity contribution in [1.82, 2.24) is 4.31 Å². The van der Waals surface area contributed by atoms with Crippen molar-refractivity contribution < 1.29 is 27.7 Å². The number of nitrogens with zero attached hydrogens (tertiary/aromatic N) is 2. The van der Waals surface area contributed by atoms with E-state index < -0.39 is 32.9 Å². The van der Waals surface area contributed by atoms with E-state index in [9.17, 15) is 28.1 Å². The van der Waals surface area contributed by atoms with Gasteiger partial charge in [0.2, 0.25) is 16.1 Å². The summed E-state index contributed by atoms with van der Waals surface area (Å²) in [5.74, 6) is -1.66. The predicted octanol–water partition coefficient (Wildman–Crippen LogP) is 3.69. The third-order valence-electron chi connectivity index (χ3n) is 5.04. The molecule has 0 radical (unpaired) electrons. The summed E-state index contributed by atoms with van der Waals surface area (Å²) in [6.07, 6.45) is -1.42. The Kier molecular flexibility index (Phi) is 7.62. The first kappa shape index (κ1) is 25.5. The Morgan fingerprint density at radius 2 is 1.63 bits per heavy atom. The van der Waals surface area contributed by atoms with E-state index in [1.54, 1.807) is 43.3 Å². The lowest BCUT2D eigenvalue weighted by atomic mass is 10.1. The third kappa shape index (κ3) is 5.89. The summed E-state index contributed by atoms with van der Waals surface area (Å²) in [7, 11) is -0.910. The Bertz CT molecular complexity index is 1360. The first-order valence-corrected chi connectivity index (χ1v) is 11.8. The largest absolute Gasteiger partial charge is 0.444 e. The van der Waals surface area contributed by atoms with E-state index in [0.717, 1.165) is 4.31 Å². The minimum Gasteiger partial charge on any atom is -0.444 e. The van der Waals surface area contributed by atoms with Gasteiger partial charge in [0.1, 0.15) is 5.69 Å². The molecule has 0 aliphatic heterocycles. The van der Waals surface area contributed by atoms with Crippen LogP contribution in [0.15, 0.2) is 77.7 Å². The van der Waals surface area contributed by atoms with Crippen LogP contribution in [-0.4, -0.2) is 43.6 Å². The molecule has 182 valence electrons. The molecule has 0 spiro atoms. The molecule has 0 fully saturated rings. The minimum absolute atomic E-state index is 0.0110. The second-order valence-electron chi connectivity index (χ2n) is 7.77. The number of nitro benzene ring substituents is 1. The summed E-state index contributed by atoms with van der Waals surface area (Å²) in [5.41, 5.74) is 0.674. The molecule has 3 rings (SSSR count). The van der Waals surface area contributed by atoms with E-state index in [2.05, 4.69) is 5.32 Å². The van der Waals surface area contributed by atoms with Crippen LogP contribution >= 0.6 is 0 Å². The highest BCUT2D eigenvalue weighted by Gasteiger charge is 2.28. The van der Waals surface area contributed by atoms with Crippen LogP contribution in [0.25, 0.3) is 0 Å². The van der Waals surface area contributed by atoms with Crippen LogP contribution in [0.2, 0.25) is 0 Å². The SMILES string of the molecule is Cc1ccc(NC(=O)C(OC(=O)c2ccc(S(=O)(=O)N(C)C)cc2)c2ccccc2)c([N+](=O)[O-])c1. The number of rotatable bonds is 8. The summed E-state index contributed by atoms with van der Waals surface area (Å²) in [6.45, 7) is 1.68. The molecule has 3 aromatic carbocycles. The number of sulfonamides is 1. The van der Waals surface area contributed by atoms with Gasteiger partial charge in [-0.2, -0.15) is 0 Å². The van der Waals surface area contributed by atoms with Gasteiger partial charge in [-0.1, -0.05) is 36.4 Å². The average Bonchev–Trinajstić information content (AvgIpc) is 2.83. The maximum atomic E-state index is 13.1. The summed E-state index contributed by atoms with van der Waals surface area (Å²) in [6, 6.07) is 17.6. The van der Waals surface area contributed by atoms with Gasteiger partial charge in [0, 0.05) is 25.7 Å². The molecule has 0 bridgehead atoms. The smallest absolute Gasteiger partial charge is 0.339 e. The van der Waals surface area contributed by atoms with Crippen LogP contribution in [0, 0.1) is 17.0 Å². The standard InChI is InChI=1S/C24H23N3O7S/c1-16-9-14-20(21(15-16)27(30)31)25-23(28)22(17-7-5-4-6-8-17)34-24(29)18-10-12-19(13-11-18)35(32,33)26(2)3/h4-15,22H,1-3H3,(H,25,28). The van der Waals surface area contributed by atoms with Crippen molar-refractivity contribution >= 4 is 33.3 Å². The van der Waals surface area contributed by atoms with Crippen LogP contribution in [0.3, 0.4) is 0 Å². The van der Waals surface area contributed by atoms with Crippen LogP contribution in [-0.2, 0) is 19.6 Å². The van der Waals surface area contributed by atoms with E-state index >= 15 is 0 Å². The molecular weight excluding hydrogens is 474 g/mol. The first-order chi connectivity index (χ1) is 16.5. The third-order valence-corrected chi connectivity index (χ3v) is 6.87. The number of hydrogen-bond acceptors (Lipinski definition) is 7. The highest BCUT2D eigenvalue weighted by Crippen LogP contribution is 2.28. The Morgan fingerprint density at radius 3 is 2.20 bits per heavy atom. The number of aryl methyl sites for hydroxylation is 1. The molecular formula is C24H23N3O7S. The first-order valence-electron chi connectivity index (χ1n) is 10.3. The predicted molar refractivity (Wildman–Crippen MR) is 128 cm³/mol. The highest BCUT2D eigenvalue weighted by atomic mass is 32.2. The number of benzene rings is 3. The van der Waals surface area contributed by atoms with Crippen LogP contribution in [0.5, 0.6) is 0 Å². The lowest BCUT2D eigenvalue weighted by Gasteiger charge is -2.18. The molecule has 11 heteroatoms. The molecule has 10 nitrogen and oxygen atoms in total. The van der Waals surface area contributed by atoms with Crippen molar-refractivity contribution in [2.45, 2.75) is 17.9 Å². The van der Waals surface area contributed by atoms with Gasteiger partial charge >= 0.3 is 5.97 Å². The minimum atomic E-state index is -3.69. The number of hydrogen-bond donors (Lipinski definition) is 1. The molecule has 3 aromatic rings. The van der Waals surface area contributed by atoms with Gasteiger partial charge in [0.05, 0.1) is 15.4 Å². The topological polar surface area (TPSA) is 136 Å². The van der Waals surface area contributed by atoms with Crippen molar-refractivity contribution in [3.05, 3.63) is 99.6 Å². The molecule has 0 aliphatic carbocycles. The lowest BCUT2D eigenvalue weighted by Crippen LogP contribution is -2.26. The maximum Gasteiger partial charge on any atom is 0.339 e. The van der Waals surface area contributed by atoms with Crippen molar-refractivity contribution in [2.75, 3.05) is 19.4 Å². The summed E-state index contributed by atoms with van der Waals surface area (Å²) >= 11 is 0. The number of ether oxygens (including phenoxy) is 1. The molecule has 0 aromatic heterocycles. The molecule has 0 saturated carbocycles. The van der Waals surface area contributed by atoms with Gasteiger partial charge < -0.3 is 10.1 Å². The van der Waals surface area contributed by atoms with Gasteiger partial charge in [-0.05, 0) is 42.8 Å². The summed E-state index contributed by atoms with van der Waals surface area (Å²) < 4.78 is 31.0. The quantitative estimate of drug-likeness (QED) is 0.285. The van der Waals surface area contributed by atoms with Crippen molar-refractivity contribution in [1.29, 1.82) is 0 Å². The molecule has 1 N–H and O–H groups in total. The monoisotopic (exact) mass is 497 g/mol. The van der Waals surface area contributed by atoms with Gasteiger partial charge in [0.15, 0.2) is 0 Å².